The molecule has 0 N–H and O–H groups in total. The highest BCUT2D eigenvalue weighted by atomic mass is 19.1. The zero-order valence-corrected chi connectivity index (χ0v) is 15.0. The summed E-state index contributed by atoms with van der Waals surface area (Å²) < 4.78 is 19.2. The summed E-state index contributed by atoms with van der Waals surface area (Å²) in [6.07, 6.45) is 2.27. The minimum Gasteiger partial charge on any atom is -0.378 e. The quantitative estimate of drug-likeness (QED) is 0.820. The fraction of sp³-hybridized carbons (Fsp3) is 0.684. The highest BCUT2D eigenvalue weighted by molar-refractivity contribution is 5.16. The predicted octanol–water partition coefficient (Wildman–Crippen LogP) is 2.05. The van der Waals surface area contributed by atoms with Gasteiger partial charge in [-0.15, -0.1) is 0 Å². The molecule has 0 bridgehead atoms. The molecule has 4 nitrogen and oxygen atoms in total. The number of rotatable bonds is 5. The maximum absolute atomic E-state index is 13.4. The molecule has 2 fully saturated rings. The van der Waals surface area contributed by atoms with Crippen molar-refractivity contribution < 1.29 is 9.13 Å². The lowest BCUT2D eigenvalue weighted by atomic mass is 9.85. The largest absolute Gasteiger partial charge is 0.378 e. The van der Waals surface area contributed by atoms with Crippen molar-refractivity contribution in [1.82, 2.24) is 14.7 Å². The van der Waals surface area contributed by atoms with Gasteiger partial charge in [-0.1, -0.05) is 12.1 Å². The molecule has 2 saturated heterocycles. The standard InChI is InChI=1S/C19H30FN3O/c1-21(2)10-11-23-12-13-24-16-19(23)6-8-22(9-7-19)15-17-4-3-5-18(20)14-17/h3-5,14H,6-13,15-16H2,1-2H3. The maximum Gasteiger partial charge on any atom is 0.123 e. The number of hydrogen-bond donors (Lipinski definition) is 0. The van der Waals surface area contributed by atoms with Gasteiger partial charge >= 0.3 is 0 Å². The first kappa shape index (κ1) is 17.8. The van der Waals surface area contributed by atoms with Gasteiger partial charge in [0.2, 0.25) is 0 Å². The van der Waals surface area contributed by atoms with Crippen molar-refractivity contribution in [3.63, 3.8) is 0 Å². The second-order valence-corrected chi connectivity index (χ2v) is 7.47. The molecule has 1 aromatic carbocycles. The van der Waals surface area contributed by atoms with Gasteiger partial charge in [-0.25, -0.2) is 4.39 Å². The zero-order valence-electron chi connectivity index (χ0n) is 15.0. The van der Waals surface area contributed by atoms with Gasteiger partial charge in [-0.05, 0) is 44.6 Å². The number of morpholine rings is 1. The second kappa shape index (κ2) is 7.91. The van der Waals surface area contributed by atoms with Crippen LogP contribution in [0.3, 0.4) is 0 Å². The van der Waals surface area contributed by atoms with E-state index in [-0.39, 0.29) is 11.4 Å². The molecule has 5 heteroatoms. The van der Waals surface area contributed by atoms with Crippen LogP contribution in [-0.2, 0) is 11.3 Å². The molecule has 3 rings (SSSR count). The van der Waals surface area contributed by atoms with Crippen LogP contribution in [0.4, 0.5) is 4.39 Å². The molecule has 0 unspecified atom stereocenters. The van der Waals surface area contributed by atoms with Crippen molar-refractivity contribution in [2.75, 3.05) is 60.0 Å². The molecule has 0 amide bonds. The van der Waals surface area contributed by atoms with Crippen LogP contribution in [0.25, 0.3) is 0 Å². The normalized spacial score (nSPS) is 22.3. The van der Waals surface area contributed by atoms with Crippen molar-refractivity contribution in [3.8, 4) is 0 Å². The van der Waals surface area contributed by atoms with E-state index in [1.807, 2.05) is 6.07 Å². The Morgan fingerprint density at radius 3 is 2.71 bits per heavy atom. The summed E-state index contributed by atoms with van der Waals surface area (Å²) in [5, 5.41) is 0. The molecular weight excluding hydrogens is 305 g/mol. The van der Waals surface area contributed by atoms with Crippen LogP contribution < -0.4 is 0 Å². The summed E-state index contributed by atoms with van der Waals surface area (Å²) in [5.41, 5.74) is 1.27. The van der Waals surface area contributed by atoms with Gasteiger partial charge in [0.25, 0.3) is 0 Å². The molecular formula is C19H30FN3O. The van der Waals surface area contributed by atoms with Gasteiger partial charge in [0.1, 0.15) is 5.82 Å². The summed E-state index contributed by atoms with van der Waals surface area (Å²) >= 11 is 0. The molecule has 0 aromatic heterocycles. The number of likely N-dealkylation sites (N-methyl/N-ethyl adjacent to an activating group) is 1. The van der Waals surface area contributed by atoms with Crippen LogP contribution in [0, 0.1) is 5.82 Å². The first-order valence-electron chi connectivity index (χ1n) is 9.02. The van der Waals surface area contributed by atoms with E-state index in [0.29, 0.717) is 0 Å². The number of piperidine rings is 1. The Bertz CT molecular complexity index is 529. The highest BCUT2D eigenvalue weighted by Crippen LogP contribution is 2.32. The van der Waals surface area contributed by atoms with Crippen molar-refractivity contribution in [1.29, 1.82) is 0 Å². The fourth-order valence-electron chi connectivity index (χ4n) is 3.92. The minimum atomic E-state index is -0.142. The number of likely N-dealkylation sites (tertiary alicyclic amines) is 1. The molecule has 0 atom stereocenters. The Morgan fingerprint density at radius 1 is 1.21 bits per heavy atom. The van der Waals surface area contributed by atoms with E-state index in [1.54, 1.807) is 12.1 Å². The third-order valence-corrected chi connectivity index (χ3v) is 5.45. The van der Waals surface area contributed by atoms with Crippen LogP contribution in [0.15, 0.2) is 24.3 Å². The van der Waals surface area contributed by atoms with Gasteiger partial charge in [-0.3, -0.25) is 9.80 Å². The fourth-order valence-corrected chi connectivity index (χ4v) is 3.92. The van der Waals surface area contributed by atoms with E-state index in [9.17, 15) is 4.39 Å². The third kappa shape index (κ3) is 4.33. The van der Waals surface area contributed by atoms with Gasteiger partial charge in [0.15, 0.2) is 0 Å². The Balaban J connectivity index is 1.57. The van der Waals surface area contributed by atoms with Gasteiger partial charge in [-0.2, -0.15) is 0 Å². The number of hydrogen-bond acceptors (Lipinski definition) is 4. The lowest BCUT2D eigenvalue weighted by molar-refractivity contribution is -0.0965. The summed E-state index contributed by atoms with van der Waals surface area (Å²) in [4.78, 5) is 7.34. The van der Waals surface area contributed by atoms with Crippen molar-refractivity contribution in [2.24, 2.45) is 0 Å². The van der Waals surface area contributed by atoms with E-state index in [2.05, 4.69) is 28.8 Å². The number of halogens is 1. The van der Waals surface area contributed by atoms with Crippen molar-refractivity contribution in [2.45, 2.75) is 24.9 Å². The SMILES string of the molecule is CN(C)CCN1CCOCC12CCN(Cc1cccc(F)c1)CC2. The molecule has 1 spiro atoms. The summed E-state index contributed by atoms with van der Waals surface area (Å²) in [7, 11) is 4.27. The number of nitrogens with zero attached hydrogens (tertiary/aromatic N) is 3. The zero-order chi connectivity index (χ0) is 17.0. The topological polar surface area (TPSA) is 19.0 Å². The molecule has 1 aromatic rings. The third-order valence-electron chi connectivity index (χ3n) is 5.45. The molecule has 0 saturated carbocycles. The molecule has 134 valence electrons. The van der Waals surface area contributed by atoms with Crippen LogP contribution in [0.1, 0.15) is 18.4 Å². The summed E-state index contributed by atoms with van der Waals surface area (Å²) in [6.45, 7) is 7.90. The smallest absolute Gasteiger partial charge is 0.123 e. The molecule has 0 radical (unpaired) electrons. The predicted molar refractivity (Wildman–Crippen MR) is 94.6 cm³/mol. The van der Waals surface area contributed by atoms with E-state index >= 15 is 0 Å². The van der Waals surface area contributed by atoms with Crippen LogP contribution in [-0.4, -0.2) is 80.3 Å². The van der Waals surface area contributed by atoms with Crippen molar-refractivity contribution in [3.05, 3.63) is 35.6 Å². The first-order chi connectivity index (χ1) is 11.6. The van der Waals surface area contributed by atoms with Crippen molar-refractivity contribution >= 4 is 0 Å². The first-order valence-corrected chi connectivity index (χ1v) is 9.02. The minimum absolute atomic E-state index is 0.142. The maximum atomic E-state index is 13.4. The average Bonchev–Trinajstić information content (AvgIpc) is 2.56. The monoisotopic (exact) mass is 335 g/mol. The van der Waals surface area contributed by atoms with E-state index in [1.165, 1.54) is 6.07 Å². The van der Waals surface area contributed by atoms with Crippen LogP contribution >= 0.6 is 0 Å². The lowest BCUT2D eigenvalue weighted by Gasteiger charge is -2.51. The Hall–Kier alpha value is -1.01. The Labute approximate surface area is 145 Å². The molecule has 24 heavy (non-hydrogen) atoms. The summed E-state index contributed by atoms with van der Waals surface area (Å²) in [6, 6.07) is 6.97. The molecule has 2 aliphatic rings. The van der Waals surface area contributed by atoms with E-state index in [4.69, 9.17) is 4.74 Å². The van der Waals surface area contributed by atoms with Crippen LogP contribution in [0.5, 0.6) is 0 Å². The Morgan fingerprint density at radius 2 is 2.00 bits per heavy atom. The second-order valence-electron chi connectivity index (χ2n) is 7.47. The van der Waals surface area contributed by atoms with E-state index in [0.717, 1.165) is 70.9 Å². The van der Waals surface area contributed by atoms with Crippen LogP contribution in [0.2, 0.25) is 0 Å². The molecule has 0 aliphatic carbocycles. The summed E-state index contributed by atoms with van der Waals surface area (Å²) in [5.74, 6) is -0.142. The molecule has 2 aliphatic heterocycles. The lowest BCUT2D eigenvalue weighted by Crippen LogP contribution is -2.62. The molecule has 2 heterocycles. The van der Waals surface area contributed by atoms with Gasteiger partial charge in [0.05, 0.1) is 13.2 Å². The average molecular weight is 335 g/mol. The highest BCUT2D eigenvalue weighted by Gasteiger charge is 2.41. The van der Waals surface area contributed by atoms with Gasteiger partial charge in [0, 0.05) is 44.8 Å². The number of ether oxygens (including phenoxy) is 1. The van der Waals surface area contributed by atoms with E-state index < -0.39 is 0 Å². The van der Waals surface area contributed by atoms with Gasteiger partial charge < -0.3 is 9.64 Å². The Kier molecular flexibility index (Phi) is 5.87. The number of benzene rings is 1.